The van der Waals surface area contributed by atoms with Crippen LogP contribution in [0.15, 0.2) is 12.2 Å². The first-order chi connectivity index (χ1) is 5.76. The lowest BCUT2D eigenvalue weighted by molar-refractivity contribution is 0.109. The Hall–Kier alpha value is 0.01000. The number of likely N-dealkylation sites (tertiary alicyclic amines) is 1. The highest BCUT2D eigenvalue weighted by molar-refractivity contribution is 7.80. The molecule has 0 aromatic heterocycles. The summed E-state index contributed by atoms with van der Waals surface area (Å²) in [6.07, 6.45) is 1.58. The highest BCUT2D eigenvalue weighted by Crippen LogP contribution is 2.12. The van der Waals surface area contributed by atoms with Gasteiger partial charge in [-0.2, -0.15) is 12.6 Å². The SMILES string of the molecule is C=C(CS)CN1CCC(OC)C1. The van der Waals surface area contributed by atoms with Crippen LogP contribution in [0.1, 0.15) is 6.42 Å². The largest absolute Gasteiger partial charge is 0.380 e. The van der Waals surface area contributed by atoms with Gasteiger partial charge in [0.25, 0.3) is 0 Å². The lowest BCUT2D eigenvalue weighted by Crippen LogP contribution is -2.25. The van der Waals surface area contributed by atoms with Crippen LogP contribution in [-0.2, 0) is 4.74 Å². The van der Waals surface area contributed by atoms with Gasteiger partial charge < -0.3 is 4.74 Å². The number of nitrogens with zero attached hydrogens (tertiary/aromatic N) is 1. The van der Waals surface area contributed by atoms with Crippen molar-refractivity contribution in [2.45, 2.75) is 12.5 Å². The van der Waals surface area contributed by atoms with Crippen molar-refractivity contribution in [3.63, 3.8) is 0 Å². The number of rotatable bonds is 4. The zero-order valence-electron chi connectivity index (χ0n) is 7.62. The molecule has 0 bridgehead atoms. The molecule has 0 aliphatic carbocycles. The molecule has 0 amide bonds. The Balaban J connectivity index is 2.23. The first kappa shape index (κ1) is 10.1. The highest BCUT2D eigenvalue weighted by Gasteiger charge is 2.21. The van der Waals surface area contributed by atoms with Gasteiger partial charge in [-0.15, -0.1) is 0 Å². The lowest BCUT2D eigenvalue weighted by atomic mass is 10.3. The third kappa shape index (κ3) is 2.81. The molecule has 0 spiro atoms. The normalized spacial score (nSPS) is 24.7. The minimum absolute atomic E-state index is 0.428. The van der Waals surface area contributed by atoms with Crippen molar-refractivity contribution in [1.82, 2.24) is 4.90 Å². The second-order valence-electron chi connectivity index (χ2n) is 3.29. The van der Waals surface area contributed by atoms with E-state index in [0.717, 1.165) is 31.8 Å². The van der Waals surface area contributed by atoms with Gasteiger partial charge in [-0.05, 0) is 6.42 Å². The summed E-state index contributed by atoms with van der Waals surface area (Å²) in [5.41, 5.74) is 1.19. The molecule has 1 aliphatic heterocycles. The molecule has 0 radical (unpaired) electrons. The van der Waals surface area contributed by atoms with Gasteiger partial charge >= 0.3 is 0 Å². The van der Waals surface area contributed by atoms with Crippen molar-refractivity contribution in [2.24, 2.45) is 0 Å². The summed E-state index contributed by atoms with van der Waals surface area (Å²) in [6.45, 7) is 7.08. The Morgan fingerprint density at radius 2 is 2.50 bits per heavy atom. The molecule has 0 aromatic rings. The molecule has 2 nitrogen and oxygen atoms in total. The smallest absolute Gasteiger partial charge is 0.0710 e. The van der Waals surface area contributed by atoms with Crippen LogP contribution in [0.2, 0.25) is 0 Å². The average molecular weight is 187 g/mol. The van der Waals surface area contributed by atoms with Crippen molar-refractivity contribution in [3.05, 3.63) is 12.2 Å². The zero-order chi connectivity index (χ0) is 8.97. The van der Waals surface area contributed by atoms with Gasteiger partial charge in [0.15, 0.2) is 0 Å². The molecule has 1 fully saturated rings. The summed E-state index contributed by atoms with van der Waals surface area (Å²) in [6, 6.07) is 0. The van der Waals surface area contributed by atoms with Crippen LogP contribution in [-0.4, -0.2) is 43.5 Å². The Kier molecular flexibility index (Phi) is 4.12. The highest BCUT2D eigenvalue weighted by atomic mass is 32.1. The molecule has 3 heteroatoms. The molecule has 1 atom stereocenters. The first-order valence-electron chi connectivity index (χ1n) is 4.29. The molecular formula is C9H17NOS. The van der Waals surface area contributed by atoms with Crippen LogP contribution in [0.5, 0.6) is 0 Å². The van der Waals surface area contributed by atoms with Gasteiger partial charge in [-0.1, -0.05) is 12.2 Å². The van der Waals surface area contributed by atoms with Gasteiger partial charge in [0.05, 0.1) is 6.10 Å². The molecule has 1 unspecified atom stereocenters. The maximum atomic E-state index is 5.27. The number of hydrogen-bond donors (Lipinski definition) is 1. The summed E-state index contributed by atoms with van der Waals surface area (Å²) >= 11 is 4.18. The first-order valence-corrected chi connectivity index (χ1v) is 4.92. The Morgan fingerprint density at radius 1 is 1.75 bits per heavy atom. The molecule has 0 N–H and O–H groups in total. The van der Waals surface area contributed by atoms with E-state index in [1.807, 2.05) is 0 Å². The second kappa shape index (κ2) is 4.90. The molecule has 0 saturated carbocycles. The third-order valence-electron chi connectivity index (χ3n) is 2.23. The monoisotopic (exact) mass is 187 g/mol. The molecule has 1 rings (SSSR count). The molecule has 1 saturated heterocycles. The summed E-state index contributed by atoms with van der Waals surface area (Å²) in [5, 5.41) is 0. The van der Waals surface area contributed by atoms with E-state index < -0.39 is 0 Å². The standard InChI is InChI=1S/C9H17NOS/c1-8(7-12)5-10-4-3-9(6-10)11-2/h9,12H,1,3-7H2,2H3. The van der Waals surface area contributed by atoms with Crippen LogP contribution in [0.25, 0.3) is 0 Å². The molecule has 12 heavy (non-hydrogen) atoms. The van der Waals surface area contributed by atoms with Crippen LogP contribution < -0.4 is 0 Å². The van der Waals surface area contributed by atoms with E-state index in [1.165, 1.54) is 5.57 Å². The number of methoxy groups -OCH3 is 1. The van der Waals surface area contributed by atoms with Crippen molar-refractivity contribution < 1.29 is 4.74 Å². The fraction of sp³-hybridized carbons (Fsp3) is 0.778. The van der Waals surface area contributed by atoms with E-state index in [9.17, 15) is 0 Å². The number of thiol groups is 1. The van der Waals surface area contributed by atoms with Gasteiger partial charge in [0, 0.05) is 32.5 Å². The summed E-state index contributed by atoms with van der Waals surface area (Å²) < 4.78 is 5.27. The minimum Gasteiger partial charge on any atom is -0.380 e. The predicted molar refractivity (Wildman–Crippen MR) is 54.8 cm³/mol. The van der Waals surface area contributed by atoms with E-state index in [1.54, 1.807) is 7.11 Å². The van der Waals surface area contributed by atoms with E-state index in [4.69, 9.17) is 4.74 Å². The summed E-state index contributed by atoms with van der Waals surface area (Å²) in [5.74, 6) is 0.786. The predicted octanol–water partition coefficient (Wildman–Crippen LogP) is 1.19. The second-order valence-corrected chi connectivity index (χ2v) is 3.61. The molecular weight excluding hydrogens is 170 g/mol. The van der Waals surface area contributed by atoms with Crippen molar-refractivity contribution in [1.29, 1.82) is 0 Å². The van der Waals surface area contributed by atoms with Gasteiger partial charge in [-0.3, -0.25) is 4.90 Å². The maximum Gasteiger partial charge on any atom is 0.0710 e. The zero-order valence-corrected chi connectivity index (χ0v) is 8.52. The Morgan fingerprint density at radius 3 is 3.00 bits per heavy atom. The average Bonchev–Trinajstić information content (AvgIpc) is 2.52. The number of hydrogen-bond acceptors (Lipinski definition) is 3. The van der Waals surface area contributed by atoms with Crippen LogP contribution in [0.4, 0.5) is 0 Å². The van der Waals surface area contributed by atoms with Gasteiger partial charge in [0.2, 0.25) is 0 Å². The van der Waals surface area contributed by atoms with Crippen molar-refractivity contribution in [3.8, 4) is 0 Å². The van der Waals surface area contributed by atoms with Crippen LogP contribution in [0.3, 0.4) is 0 Å². The van der Waals surface area contributed by atoms with Crippen molar-refractivity contribution >= 4 is 12.6 Å². The van der Waals surface area contributed by atoms with Crippen LogP contribution >= 0.6 is 12.6 Å². The topological polar surface area (TPSA) is 12.5 Å². The minimum atomic E-state index is 0.428. The fourth-order valence-electron chi connectivity index (χ4n) is 1.50. The van der Waals surface area contributed by atoms with E-state index >= 15 is 0 Å². The van der Waals surface area contributed by atoms with E-state index in [2.05, 4.69) is 24.1 Å². The summed E-state index contributed by atoms with van der Waals surface area (Å²) in [7, 11) is 1.78. The molecule has 1 heterocycles. The van der Waals surface area contributed by atoms with Crippen molar-refractivity contribution in [2.75, 3.05) is 32.5 Å². The summed E-state index contributed by atoms with van der Waals surface area (Å²) in [4.78, 5) is 2.37. The maximum absolute atomic E-state index is 5.27. The van der Waals surface area contributed by atoms with Crippen LogP contribution in [0, 0.1) is 0 Å². The third-order valence-corrected chi connectivity index (χ3v) is 2.68. The van der Waals surface area contributed by atoms with Gasteiger partial charge in [0.1, 0.15) is 0 Å². The van der Waals surface area contributed by atoms with E-state index in [0.29, 0.717) is 6.10 Å². The Labute approximate surface area is 80.0 Å². The molecule has 1 aliphatic rings. The molecule has 70 valence electrons. The van der Waals surface area contributed by atoms with Gasteiger partial charge in [-0.25, -0.2) is 0 Å². The quantitative estimate of drug-likeness (QED) is 0.524. The lowest BCUT2D eigenvalue weighted by Gasteiger charge is -2.15. The van der Waals surface area contributed by atoms with E-state index in [-0.39, 0.29) is 0 Å². The number of ether oxygens (including phenoxy) is 1. The Bertz CT molecular complexity index is 161. The molecule has 0 aromatic carbocycles. The fourth-order valence-corrected chi connectivity index (χ4v) is 1.60.